The summed E-state index contributed by atoms with van der Waals surface area (Å²) in [6.45, 7) is 0. The molecule has 0 saturated heterocycles. The van der Waals surface area contributed by atoms with Gasteiger partial charge >= 0.3 is 11.9 Å². The molecule has 7 heteroatoms. The molecule has 1 aliphatic rings. The third kappa shape index (κ3) is 4.16. The van der Waals surface area contributed by atoms with Gasteiger partial charge < -0.3 is 14.2 Å². The second-order valence-corrected chi connectivity index (χ2v) is 6.90. The molecule has 1 unspecified atom stereocenters. The lowest BCUT2D eigenvalue weighted by molar-refractivity contribution is -0.151. The number of aliphatic imine (C=N–C) groups is 1. The van der Waals surface area contributed by atoms with Crippen LogP contribution in [0.15, 0.2) is 83.9 Å². The number of methoxy groups -OCH3 is 1. The SMILES string of the molecule is COc1ccc(C2=NC(Cc3ccccc3)(C(=O)Oc3ccc(F)cc3)C(=O)O2)cc1. The van der Waals surface area contributed by atoms with Crippen molar-refractivity contribution in [1.29, 1.82) is 0 Å². The number of nitrogens with zero attached hydrogens (tertiary/aromatic N) is 1. The molecule has 4 rings (SSSR count). The topological polar surface area (TPSA) is 74.2 Å². The number of ether oxygens (including phenoxy) is 3. The van der Waals surface area contributed by atoms with Gasteiger partial charge in [0.25, 0.3) is 5.54 Å². The fraction of sp³-hybridized carbons (Fsp3) is 0.125. The Bertz CT molecular complexity index is 1130. The molecule has 1 aliphatic heterocycles. The summed E-state index contributed by atoms with van der Waals surface area (Å²) >= 11 is 0. The van der Waals surface area contributed by atoms with Gasteiger partial charge in [0.2, 0.25) is 5.90 Å². The highest BCUT2D eigenvalue weighted by atomic mass is 19.1. The van der Waals surface area contributed by atoms with Crippen molar-refractivity contribution in [2.75, 3.05) is 7.11 Å². The predicted octanol–water partition coefficient (Wildman–Crippen LogP) is 3.72. The quantitative estimate of drug-likeness (QED) is 0.346. The second kappa shape index (κ2) is 8.39. The number of benzene rings is 3. The highest BCUT2D eigenvalue weighted by Crippen LogP contribution is 2.30. The van der Waals surface area contributed by atoms with Crippen molar-refractivity contribution in [2.45, 2.75) is 12.0 Å². The summed E-state index contributed by atoms with van der Waals surface area (Å²) in [5.74, 6) is -1.48. The predicted molar refractivity (Wildman–Crippen MR) is 111 cm³/mol. The Morgan fingerprint density at radius 1 is 0.968 bits per heavy atom. The molecule has 156 valence electrons. The van der Waals surface area contributed by atoms with E-state index in [-0.39, 0.29) is 18.1 Å². The monoisotopic (exact) mass is 419 g/mol. The lowest BCUT2D eigenvalue weighted by Gasteiger charge is -2.20. The maximum absolute atomic E-state index is 13.2. The molecule has 0 bridgehead atoms. The van der Waals surface area contributed by atoms with Gasteiger partial charge in [-0.2, -0.15) is 0 Å². The Hall–Kier alpha value is -4.00. The van der Waals surface area contributed by atoms with Gasteiger partial charge in [-0.3, -0.25) is 0 Å². The normalized spacial score (nSPS) is 17.6. The van der Waals surface area contributed by atoms with Crippen molar-refractivity contribution < 1.29 is 28.2 Å². The van der Waals surface area contributed by atoms with E-state index in [4.69, 9.17) is 14.2 Å². The average molecular weight is 419 g/mol. The number of carbonyl (C=O) groups is 2. The Kier molecular flexibility index (Phi) is 5.49. The van der Waals surface area contributed by atoms with E-state index < -0.39 is 23.3 Å². The van der Waals surface area contributed by atoms with Crippen LogP contribution in [0.25, 0.3) is 0 Å². The van der Waals surface area contributed by atoms with E-state index in [1.807, 2.05) is 6.07 Å². The fourth-order valence-corrected chi connectivity index (χ4v) is 3.17. The first-order valence-electron chi connectivity index (χ1n) is 9.48. The first-order valence-corrected chi connectivity index (χ1v) is 9.48. The minimum Gasteiger partial charge on any atom is -0.497 e. The van der Waals surface area contributed by atoms with Crippen molar-refractivity contribution in [3.8, 4) is 11.5 Å². The van der Waals surface area contributed by atoms with Crippen molar-refractivity contribution in [1.82, 2.24) is 0 Å². The maximum Gasteiger partial charge on any atom is 0.353 e. The average Bonchev–Trinajstić information content (AvgIpc) is 3.13. The summed E-state index contributed by atoms with van der Waals surface area (Å²) < 4.78 is 29.1. The molecular weight excluding hydrogens is 401 g/mol. The Balaban J connectivity index is 1.72. The van der Waals surface area contributed by atoms with E-state index in [2.05, 4.69) is 4.99 Å². The van der Waals surface area contributed by atoms with Crippen molar-refractivity contribution >= 4 is 17.8 Å². The molecule has 0 spiro atoms. The summed E-state index contributed by atoms with van der Waals surface area (Å²) in [5.41, 5.74) is -0.709. The van der Waals surface area contributed by atoms with Crippen LogP contribution in [-0.4, -0.2) is 30.5 Å². The van der Waals surface area contributed by atoms with Crippen LogP contribution in [-0.2, 0) is 20.7 Å². The number of rotatable bonds is 6. The third-order valence-electron chi connectivity index (χ3n) is 4.82. The lowest BCUT2D eigenvalue weighted by Crippen LogP contribution is -2.47. The Morgan fingerprint density at radius 2 is 1.61 bits per heavy atom. The third-order valence-corrected chi connectivity index (χ3v) is 4.82. The van der Waals surface area contributed by atoms with Gasteiger partial charge in [0, 0.05) is 12.0 Å². The van der Waals surface area contributed by atoms with Crippen LogP contribution in [0, 0.1) is 5.82 Å². The van der Waals surface area contributed by atoms with Crippen LogP contribution in [0.1, 0.15) is 11.1 Å². The Labute approximate surface area is 177 Å². The zero-order chi connectivity index (χ0) is 21.8. The molecular formula is C24H18FNO5. The van der Waals surface area contributed by atoms with Gasteiger partial charge in [0.1, 0.15) is 17.3 Å². The maximum atomic E-state index is 13.2. The standard InChI is InChI=1S/C24H18FNO5/c1-29-19-11-7-17(8-12-19)21-26-24(23(28)31-21,15-16-5-3-2-4-6-16)22(27)30-20-13-9-18(25)10-14-20/h2-14H,15H2,1H3. The first-order chi connectivity index (χ1) is 15.0. The molecule has 0 amide bonds. The van der Waals surface area contributed by atoms with Crippen molar-refractivity contribution in [3.63, 3.8) is 0 Å². The van der Waals surface area contributed by atoms with Gasteiger partial charge in [-0.05, 0) is 54.1 Å². The molecule has 0 fully saturated rings. The molecule has 31 heavy (non-hydrogen) atoms. The van der Waals surface area contributed by atoms with Crippen LogP contribution in [0.2, 0.25) is 0 Å². The van der Waals surface area contributed by atoms with Gasteiger partial charge in [-0.1, -0.05) is 30.3 Å². The highest BCUT2D eigenvalue weighted by Gasteiger charge is 2.54. The summed E-state index contributed by atoms with van der Waals surface area (Å²) in [7, 11) is 1.54. The number of hydrogen-bond donors (Lipinski definition) is 0. The number of cyclic esters (lactones) is 1. The van der Waals surface area contributed by atoms with Gasteiger partial charge in [0.15, 0.2) is 0 Å². The largest absolute Gasteiger partial charge is 0.497 e. The van der Waals surface area contributed by atoms with E-state index in [0.29, 0.717) is 16.9 Å². The Morgan fingerprint density at radius 3 is 2.26 bits per heavy atom. The summed E-state index contributed by atoms with van der Waals surface area (Å²) in [4.78, 5) is 30.5. The van der Waals surface area contributed by atoms with E-state index in [1.54, 1.807) is 55.6 Å². The number of halogens is 1. The van der Waals surface area contributed by atoms with E-state index in [1.165, 1.54) is 12.1 Å². The molecule has 0 radical (unpaired) electrons. The minimum atomic E-state index is -1.93. The second-order valence-electron chi connectivity index (χ2n) is 6.90. The van der Waals surface area contributed by atoms with Gasteiger partial charge in [-0.15, -0.1) is 0 Å². The van der Waals surface area contributed by atoms with Crippen LogP contribution >= 0.6 is 0 Å². The van der Waals surface area contributed by atoms with Gasteiger partial charge in [0.05, 0.1) is 7.11 Å². The molecule has 6 nitrogen and oxygen atoms in total. The zero-order valence-corrected chi connectivity index (χ0v) is 16.6. The molecule has 3 aromatic rings. The zero-order valence-electron chi connectivity index (χ0n) is 16.6. The van der Waals surface area contributed by atoms with E-state index in [0.717, 1.165) is 12.1 Å². The van der Waals surface area contributed by atoms with Crippen molar-refractivity contribution in [3.05, 3.63) is 95.8 Å². The molecule has 0 aliphatic carbocycles. The van der Waals surface area contributed by atoms with E-state index in [9.17, 15) is 14.0 Å². The number of carbonyl (C=O) groups excluding carboxylic acids is 2. The highest BCUT2D eigenvalue weighted by molar-refractivity contribution is 6.17. The summed E-state index contributed by atoms with van der Waals surface area (Å²) in [6.07, 6.45) is -0.0492. The molecule has 0 saturated carbocycles. The molecule has 0 aromatic heterocycles. The fourth-order valence-electron chi connectivity index (χ4n) is 3.17. The smallest absolute Gasteiger partial charge is 0.353 e. The van der Waals surface area contributed by atoms with Crippen LogP contribution in [0.5, 0.6) is 11.5 Å². The first kappa shape index (κ1) is 20.3. The molecule has 0 N–H and O–H groups in total. The molecule has 1 heterocycles. The summed E-state index contributed by atoms with van der Waals surface area (Å²) in [5, 5.41) is 0. The minimum absolute atomic E-state index is 0.0136. The van der Waals surface area contributed by atoms with E-state index >= 15 is 0 Å². The van der Waals surface area contributed by atoms with Crippen LogP contribution in [0.4, 0.5) is 4.39 Å². The van der Waals surface area contributed by atoms with Crippen LogP contribution < -0.4 is 9.47 Å². The molecule has 3 aromatic carbocycles. The number of hydrogen-bond acceptors (Lipinski definition) is 6. The molecule has 1 atom stereocenters. The number of esters is 2. The van der Waals surface area contributed by atoms with Crippen molar-refractivity contribution in [2.24, 2.45) is 4.99 Å². The lowest BCUT2D eigenvalue weighted by atomic mass is 9.92. The summed E-state index contributed by atoms with van der Waals surface area (Å²) in [6, 6.07) is 20.6. The van der Waals surface area contributed by atoms with Gasteiger partial charge in [-0.25, -0.2) is 19.0 Å². The van der Waals surface area contributed by atoms with Crippen LogP contribution in [0.3, 0.4) is 0 Å².